The van der Waals surface area contributed by atoms with E-state index in [-0.39, 0.29) is 56.9 Å². The van der Waals surface area contributed by atoms with E-state index >= 15 is 0 Å². The van der Waals surface area contributed by atoms with Crippen molar-refractivity contribution in [3.63, 3.8) is 0 Å². The Hall–Kier alpha value is -7.25. The number of amides is 6. The summed E-state index contributed by atoms with van der Waals surface area (Å²) >= 11 is 0. The zero-order chi connectivity index (χ0) is 51.5. The highest BCUT2D eigenvalue weighted by Crippen LogP contribution is 2.27. The fourth-order valence-electron chi connectivity index (χ4n) is 9.95. The zero-order valence-corrected chi connectivity index (χ0v) is 40.9. The van der Waals surface area contributed by atoms with Gasteiger partial charge in [0.25, 0.3) is 0 Å². The SMILES string of the molecule is CC(C)C[C@H](NC(=O)[C@H](Cc1c[nH]c2ccccc12)NC(=O)[C@H](Cc1c[nH]c2ccccc12)NC(=O)[C@@H](N)Cc1ccc(O)cc1)C(=O)N[C@@H](CCCCN)C(=O)N1CCC[C@H]1C(=O)N1CCC[C@H]1C(=O)O. The molecule has 2 saturated heterocycles. The van der Waals surface area contributed by atoms with E-state index in [2.05, 4.69) is 31.2 Å². The third kappa shape index (κ3) is 13.0. The summed E-state index contributed by atoms with van der Waals surface area (Å²) in [6, 6.07) is 13.6. The number of carboxylic acids is 1. The number of aromatic amines is 2. The van der Waals surface area contributed by atoms with Crippen molar-refractivity contribution >= 4 is 63.2 Å². The lowest BCUT2D eigenvalue weighted by Crippen LogP contribution is -2.60. The molecule has 5 aromatic rings. The smallest absolute Gasteiger partial charge is 0.326 e. The number of H-pyrrole nitrogens is 2. The molecular formula is C53H68N10O9. The number of rotatable bonds is 23. The molecule has 3 aromatic carbocycles. The minimum Gasteiger partial charge on any atom is -0.508 e. The number of phenolic OH excluding ortho intramolecular Hbond substituents is 1. The first-order chi connectivity index (χ1) is 34.6. The normalized spacial score (nSPS) is 17.8. The molecule has 2 aliphatic heterocycles. The van der Waals surface area contributed by atoms with Crippen molar-refractivity contribution < 1.29 is 43.8 Å². The lowest BCUT2D eigenvalue weighted by Gasteiger charge is -2.33. The Labute approximate surface area is 418 Å². The molecule has 0 bridgehead atoms. The molecule has 2 aromatic heterocycles. The van der Waals surface area contributed by atoms with Crippen LogP contribution in [0.2, 0.25) is 0 Å². The number of nitrogens with one attached hydrogen (secondary N) is 6. The summed E-state index contributed by atoms with van der Waals surface area (Å²) in [6.07, 6.45) is 6.76. The minimum absolute atomic E-state index is 0.0178. The lowest BCUT2D eigenvalue weighted by atomic mass is 9.99. The van der Waals surface area contributed by atoms with Crippen molar-refractivity contribution in [2.24, 2.45) is 17.4 Å². The molecule has 12 N–H and O–H groups in total. The molecule has 2 aliphatic rings. The molecule has 4 heterocycles. The van der Waals surface area contributed by atoms with Gasteiger partial charge in [0.05, 0.1) is 6.04 Å². The number of phenols is 1. The average molecular weight is 989 g/mol. The van der Waals surface area contributed by atoms with Gasteiger partial charge in [-0.15, -0.1) is 0 Å². The number of carboxylic acid groups (broad SMARTS) is 1. The fraction of sp³-hybridized carbons (Fsp3) is 0.453. The van der Waals surface area contributed by atoms with Gasteiger partial charge in [-0.3, -0.25) is 28.8 Å². The van der Waals surface area contributed by atoms with Crippen LogP contribution in [0.4, 0.5) is 0 Å². The fourth-order valence-corrected chi connectivity index (χ4v) is 9.95. The molecular weight excluding hydrogens is 921 g/mol. The van der Waals surface area contributed by atoms with Gasteiger partial charge in [0.15, 0.2) is 0 Å². The number of hydrogen-bond acceptors (Lipinski definition) is 10. The lowest BCUT2D eigenvalue weighted by molar-refractivity contribution is -0.152. The number of unbranched alkanes of at least 4 members (excludes halogenated alkanes) is 1. The van der Waals surface area contributed by atoms with Crippen LogP contribution in [0, 0.1) is 5.92 Å². The van der Waals surface area contributed by atoms with Crippen LogP contribution in [-0.2, 0) is 52.8 Å². The molecule has 0 saturated carbocycles. The molecule has 0 radical (unpaired) electrons. The Kier molecular flexibility index (Phi) is 17.7. The summed E-state index contributed by atoms with van der Waals surface area (Å²) < 4.78 is 0. The number of aromatic nitrogens is 2. The second kappa shape index (κ2) is 24.2. The Balaban J connectivity index is 1.14. The van der Waals surface area contributed by atoms with E-state index in [0.717, 1.165) is 27.4 Å². The molecule has 7 atom stereocenters. The van der Waals surface area contributed by atoms with Crippen LogP contribution in [0.5, 0.6) is 5.75 Å². The van der Waals surface area contributed by atoms with Crippen LogP contribution in [0.3, 0.4) is 0 Å². The van der Waals surface area contributed by atoms with Gasteiger partial charge in [0, 0.05) is 60.1 Å². The molecule has 72 heavy (non-hydrogen) atoms. The molecule has 19 heteroatoms. The predicted molar refractivity (Wildman–Crippen MR) is 271 cm³/mol. The van der Waals surface area contributed by atoms with Crippen molar-refractivity contribution in [1.82, 2.24) is 41.0 Å². The third-order valence-corrected chi connectivity index (χ3v) is 13.7. The van der Waals surface area contributed by atoms with Gasteiger partial charge in [0.2, 0.25) is 35.4 Å². The number of nitrogens with two attached hydrogens (primary N) is 2. The highest BCUT2D eigenvalue weighted by Gasteiger charge is 2.44. The summed E-state index contributed by atoms with van der Waals surface area (Å²) in [5, 5.41) is 32.8. The summed E-state index contributed by atoms with van der Waals surface area (Å²) in [6.45, 7) is 4.64. The van der Waals surface area contributed by atoms with E-state index in [1.54, 1.807) is 24.5 Å². The number of hydrogen-bond donors (Lipinski definition) is 10. The highest BCUT2D eigenvalue weighted by molar-refractivity contribution is 5.98. The van der Waals surface area contributed by atoms with E-state index in [0.29, 0.717) is 56.2 Å². The first-order valence-corrected chi connectivity index (χ1v) is 25.0. The maximum Gasteiger partial charge on any atom is 0.326 e. The molecule has 2 fully saturated rings. The zero-order valence-electron chi connectivity index (χ0n) is 40.9. The summed E-state index contributed by atoms with van der Waals surface area (Å²) in [7, 11) is 0. The second-order valence-electron chi connectivity index (χ2n) is 19.5. The first kappa shape index (κ1) is 52.6. The van der Waals surface area contributed by atoms with Crippen LogP contribution in [0.1, 0.15) is 81.9 Å². The maximum atomic E-state index is 14.8. The van der Waals surface area contributed by atoms with Gasteiger partial charge in [-0.1, -0.05) is 62.4 Å². The number of fused-ring (bicyclic) bond motifs is 2. The van der Waals surface area contributed by atoms with E-state index in [1.165, 1.54) is 21.9 Å². The number of nitrogens with zero attached hydrogens (tertiary/aromatic N) is 2. The Bertz CT molecular complexity index is 2720. The molecule has 19 nitrogen and oxygen atoms in total. The van der Waals surface area contributed by atoms with Crippen LogP contribution in [0.15, 0.2) is 85.2 Å². The standard InChI is InChI=1S/C53H68N10O9/c1-31(2)25-42(48(66)58-41(15-7-8-22-54)51(69)62-23-9-16-45(62)52(70)63-24-10-17-46(63)53(71)72)60-50(68)44(28-34-30-57-40-14-6-4-12-37(34)40)61-49(67)43(27-33-29-56-39-13-5-3-11-36(33)39)59-47(65)38(55)26-32-18-20-35(64)21-19-32/h3-6,11-14,18-21,29-31,38,41-46,56-57,64H,7-10,15-17,22-28,54-55H2,1-2H3,(H,58,66)(H,59,65)(H,60,68)(H,61,67)(H,71,72)/t38-,41-,42-,43-,44-,45-,46-/m0/s1. The van der Waals surface area contributed by atoms with Gasteiger partial charge in [-0.25, -0.2) is 4.79 Å². The molecule has 0 aliphatic carbocycles. The van der Waals surface area contributed by atoms with Gasteiger partial charge in [0.1, 0.15) is 42.0 Å². The molecule has 0 spiro atoms. The highest BCUT2D eigenvalue weighted by atomic mass is 16.4. The number of carbonyl (C=O) groups excluding carboxylic acids is 6. The number of likely N-dealkylation sites (tertiary alicyclic amines) is 2. The van der Waals surface area contributed by atoms with E-state index in [9.17, 15) is 43.8 Å². The number of para-hydroxylation sites is 2. The van der Waals surface area contributed by atoms with Crippen molar-refractivity contribution in [3.05, 3.63) is 102 Å². The van der Waals surface area contributed by atoms with Crippen molar-refractivity contribution in [2.75, 3.05) is 19.6 Å². The summed E-state index contributed by atoms with van der Waals surface area (Å²) in [5.41, 5.74) is 16.0. The quantitative estimate of drug-likeness (QED) is 0.0425. The molecule has 384 valence electrons. The van der Waals surface area contributed by atoms with E-state index in [1.807, 2.05) is 62.4 Å². The molecule has 0 unspecified atom stereocenters. The minimum atomic E-state index is -1.29. The first-order valence-electron chi connectivity index (χ1n) is 25.0. The number of aromatic hydroxyl groups is 1. The Morgan fingerprint density at radius 2 is 1.17 bits per heavy atom. The maximum absolute atomic E-state index is 14.8. The van der Waals surface area contributed by atoms with Gasteiger partial charge in [-0.05, 0) is 111 Å². The van der Waals surface area contributed by atoms with E-state index in [4.69, 9.17) is 11.5 Å². The van der Waals surface area contributed by atoms with Gasteiger partial charge in [-0.2, -0.15) is 0 Å². The molecule has 6 amide bonds. The number of benzene rings is 3. The van der Waals surface area contributed by atoms with Gasteiger partial charge < -0.3 is 62.7 Å². The number of carbonyl (C=O) groups is 7. The third-order valence-electron chi connectivity index (χ3n) is 13.7. The van der Waals surface area contributed by atoms with Crippen molar-refractivity contribution in [1.29, 1.82) is 0 Å². The summed E-state index contributed by atoms with van der Waals surface area (Å²) in [5.74, 6) is -4.69. The summed E-state index contributed by atoms with van der Waals surface area (Å²) in [4.78, 5) is 108. The largest absolute Gasteiger partial charge is 0.508 e. The number of aliphatic carboxylic acids is 1. The van der Waals surface area contributed by atoms with E-state index < -0.39 is 83.7 Å². The average Bonchev–Trinajstić information content (AvgIpc) is 4.21. The second-order valence-corrected chi connectivity index (χ2v) is 19.5. The Morgan fingerprint density at radius 1 is 0.653 bits per heavy atom. The van der Waals surface area contributed by atoms with Crippen LogP contribution < -0.4 is 32.7 Å². The van der Waals surface area contributed by atoms with Crippen molar-refractivity contribution in [2.45, 2.75) is 127 Å². The van der Waals surface area contributed by atoms with Crippen molar-refractivity contribution in [3.8, 4) is 5.75 Å². The van der Waals surface area contributed by atoms with Crippen LogP contribution in [0.25, 0.3) is 21.8 Å². The monoisotopic (exact) mass is 989 g/mol. The van der Waals surface area contributed by atoms with Crippen LogP contribution >= 0.6 is 0 Å². The van der Waals surface area contributed by atoms with Crippen LogP contribution in [-0.4, -0.2) is 133 Å². The molecule has 7 rings (SSSR count). The Morgan fingerprint density at radius 3 is 1.74 bits per heavy atom. The predicted octanol–water partition coefficient (Wildman–Crippen LogP) is 2.89. The van der Waals surface area contributed by atoms with Gasteiger partial charge >= 0.3 is 5.97 Å². The topological polar surface area (TPSA) is 298 Å².